The monoisotopic (exact) mass is 381 g/mol. The summed E-state index contributed by atoms with van der Waals surface area (Å²) in [6.45, 7) is 3.88. The summed E-state index contributed by atoms with van der Waals surface area (Å²) >= 11 is 0. The Morgan fingerprint density at radius 1 is 1.11 bits per heavy atom. The van der Waals surface area contributed by atoms with Crippen LogP contribution in [0.3, 0.4) is 0 Å². The molecule has 1 heterocycles. The minimum absolute atomic E-state index is 0.0653. The van der Waals surface area contributed by atoms with Crippen molar-refractivity contribution >= 4 is 16.9 Å². The largest absolute Gasteiger partial charge is 0.497 e. The molecule has 1 N–H and O–H groups in total. The zero-order valence-electron chi connectivity index (χ0n) is 16.5. The standard InChI is InChI=1S/C22H27N3O3/c1-3-22(26)23-14-13-21-24-19-7-4-5-8-20(19)25(21)15-6-16-28-18-11-9-17(27-2)10-12-18/h4-5,7-12H,3,6,13-16H2,1-2H3,(H,23,26). The van der Waals surface area contributed by atoms with Crippen molar-refractivity contribution in [1.29, 1.82) is 0 Å². The van der Waals surface area contributed by atoms with Gasteiger partial charge in [0.2, 0.25) is 5.91 Å². The highest BCUT2D eigenvalue weighted by Gasteiger charge is 2.10. The van der Waals surface area contributed by atoms with Crippen LogP contribution < -0.4 is 14.8 Å². The topological polar surface area (TPSA) is 65.4 Å². The molecule has 0 atom stereocenters. The summed E-state index contributed by atoms with van der Waals surface area (Å²) in [6.07, 6.45) is 2.07. The molecule has 0 aliphatic rings. The number of carbonyl (C=O) groups excluding carboxylic acids is 1. The van der Waals surface area contributed by atoms with E-state index in [1.807, 2.05) is 49.4 Å². The van der Waals surface area contributed by atoms with E-state index in [2.05, 4.69) is 16.0 Å². The van der Waals surface area contributed by atoms with Gasteiger partial charge in [0.1, 0.15) is 17.3 Å². The first-order valence-electron chi connectivity index (χ1n) is 9.69. The first kappa shape index (κ1) is 19.7. The van der Waals surface area contributed by atoms with E-state index in [9.17, 15) is 4.79 Å². The quantitative estimate of drug-likeness (QED) is 0.545. The van der Waals surface area contributed by atoms with Crippen molar-refractivity contribution in [2.45, 2.75) is 32.7 Å². The van der Waals surface area contributed by atoms with Crippen LogP contribution >= 0.6 is 0 Å². The van der Waals surface area contributed by atoms with Gasteiger partial charge in [-0.25, -0.2) is 4.98 Å². The van der Waals surface area contributed by atoms with E-state index in [4.69, 9.17) is 14.5 Å². The molecular weight excluding hydrogens is 354 g/mol. The summed E-state index contributed by atoms with van der Waals surface area (Å²) in [5.41, 5.74) is 2.10. The van der Waals surface area contributed by atoms with Gasteiger partial charge in [-0.05, 0) is 42.8 Å². The summed E-state index contributed by atoms with van der Waals surface area (Å²) in [5, 5.41) is 2.92. The zero-order chi connectivity index (χ0) is 19.8. The Hall–Kier alpha value is -3.02. The number of amides is 1. The van der Waals surface area contributed by atoms with Gasteiger partial charge >= 0.3 is 0 Å². The van der Waals surface area contributed by atoms with Crippen LogP contribution in [0.15, 0.2) is 48.5 Å². The number of carbonyl (C=O) groups is 1. The number of hydrogen-bond acceptors (Lipinski definition) is 4. The molecule has 0 saturated heterocycles. The van der Waals surface area contributed by atoms with Gasteiger partial charge in [-0.2, -0.15) is 0 Å². The Labute approximate surface area is 165 Å². The predicted molar refractivity (Wildman–Crippen MR) is 110 cm³/mol. The van der Waals surface area contributed by atoms with E-state index in [0.29, 0.717) is 26.0 Å². The normalized spacial score (nSPS) is 10.8. The van der Waals surface area contributed by atoms with Crippen molar-refractivity contribution in [2.75, 3.05) is 20.3 Å². The Morgan fingerprint density at radius 3 is 2.61 bits per heavy atom. The summed E-state index contributed by atoms with van der Waals surface area (Å²) in [6, 6.07) is 15.7. The number of rotatable bonds is 10. The summed E-state index contributed by atoms with van der Waals surface area (Å²) < 4.78 is 13.2. The van der Waals surface area contributed by atoms with E-state index in [1.165, 1.54) is 0 Å². The molecule has 3 rings (SSSR count). The van der Waals surface area contributed by atoms with Crippen molar-refractivity contribution in [3.8, 4) is 11.5 Å². The number of nitrogens with zero attached hydrogens (tertiary/aromatic N) is 2. The third kappa shape index (κ3) is 5.03. The third-order valence-electron chi connectivity index (χ3n) is 4.58. The molecule has 6 heteroatoms. The number of ether oxygens (including phenoxy) is 2. The Kier molecular flexibility index (Phi) is 6.89. The van der Waals surface area contributed by atoms with Gasteiger partial charge in [0.05, 0.1) is 24.8 Å². The Bertz CT molecular complexity index is 903. The van der Waals surface area contributed by atoms with Gasteiger partial charge in [0.15, 0.2) is 0 Å². The van der Waals surface area contributed by atoms with Gasteiger partial charge in [-0.1, -0.05) is 19.1 Å². The summed E-state index contributed by atoms with van der Waals surface area (Å²) in [5.74, 6) is 2.70. The average Bonchev–Trinajstić information content (AvgIpc) is 3.09. The summed E-state index contributed by atoms with van der Waals surface area (Å²) in [7, 11) is 1.65. The van der Waals surface area contributed by atoms with Gasteiger partial charge < -0.3 is 19.4 Å². The lowest BCUT2D eigenvalue weighted by Gasteiger charge is -2.11. The average molecular weight is 381 g/mol. The lowest BCUT2D eigenvalue weighted by atomic mass is 10.3. The van der Waals surface area contributed by atoms with E-state index < -0.39 is 0 Å². The van der Waals surface area contributed by atoms with Crippen LogP contribution in [0.5, 0.6) is 11.5 Å². The first-order chi connectivity index (χ1) is 13.7. The summed E-state index contributed by atoms with van der Waals surface area (Å²) in [4.78, 5) is 16.2. The minimum atomic E-state index is 0.0653. The fourth-order valence-corrected chi connectivity index (χ4v) is 3.09. The number of aromatic nitrogens is 2. The predicted octanol–water partition coefficient (Wildman–Crippen LogP) is 3.58. The molecule has 6 nitrogen and oxygen atoms in total. The molecule has 0 radical (unpaired) electrons. The highest BCUT2D eigenvalue weighted by molar-refractivity contribution is 5.76. The van der Waals surface area contributed by atoms with Crippen LogP contribution in [0.25, 0.3) is 11.0 Å². The minimum Gasteiger partial charge on any atom is -0.497 e. The fraction of sp³-hybridized carbons (Fsp3) is 0.364. The first-order valence-corrected chi connectivity index (χ1v) is 9.69. The highest BCUT2D eigenvalue weighted by Crippen LogP contribution is 2.19. The lowest BCUT2D eigenvalue weighted by Crippen LogP contribution is -2.25. The number of nitrogens with one attached hydrogen (secondary N) is 1. The van der Waals surface area contributed by atoms with Gasteiger partial charge in [-0.3, -0.25) is 4.79 Å². The molecule has 1 aromatic heterocycles. The van der Waals surface area contributed by atoms with Crippen molar-refractivity contribution in [3.05, 3.63) is 54.4 Å². The van der Waals surface area contributed by atoms with Gasteiger partial charge in [0.25, 0.3) is 0 Å². The second-order valence-corrected chi connectivity index (χ2v) is 6.50. The van der Waals surface area contributed by atoms with Crippen molar-refractivity contribution in [3.63, 3.8) is 0 Å². The highest BCUT2D eigenvalue weighted by atomic mass is 16.5. The SMILES string of the molecule is CCC(=O)NCCc1nc2ccccc2n1CCCOc1ccc(OC)cc1. The van der Waals surface area contributed by atoms with Gasteiger partial charge in [0, 0.05) is 25.9 Å². The Morgan fingerprint density at radius 2 is 1.86 bits per heavy atom. The molecule has 3 aromatic rings. The molecule has 28 heavy (non-hydrogen) atoms. The molecule has 0 bridgehead atoms. The molecule has 0 saturated carbocycles. The number of fused-ring (bicyclic) bond motifs is 1. The maximum atomic E-state index is 11.5. The van der Waals surface area contributed by atoms with E-state index in [0.717, 1.165) is 41.3 Å². The second-order valence-electron chi connectivity index (χ2n) is 6.50. The maximum Gasteiger partial charge on any atom is 0.219 e. The van der Waals surface area contributed by atoms with Crippen molar-refractivity contribution in [2.24, 2.45) is 0 Å². The van der Waals surface area contributed by atoms with Crippen LogP contribution in [-0.2, 0) is 17.8 Å². The molecule has 0 aliphatic heterocycles. The molecule has 148 valence electrons. The second kappa shape index (κ2) is 9.78. The number of aryl methyl sites for hydroxylation is 1. The fourth-order valence-electron chi connectivity index (χ4n) is 3.09. The molecule has 1 amide bonds. The smallest absolute Gasteiger partial charge is 0.219 e. The molecule has 0 spiro atoms. The van der Waals surface area contributed by atoms with E-state index in [-0.39, 0.29) is 5.91 Å². The van der Waals surface area contributed by atoms with Crippen molar-refractivity contribution in [1.82, 2.24) is 14.9 Å². The third-order valence-corrected chi connectivity index (χ3v) is 4.58. The Balaban J connectivity index is 1.60. The van der Waals surface area contributed by atoms with Crippen LogP contribution in [0, 0.1) is 0 Å². The van der Waals surface area contributed by atoms with E-state index >= 15 is 0 Å². The van der Waals surface area contributed by atoms with E-state index in [1.54, 1.807) is 7.11 Å². The number of imidazole rings is 1. The molecule has 2 aromatic carbocycles. The number of methoxy groups -OCH3 is 1. The van der Waals surface area contributed by atoms with Crippen LogP contribution in [0.4, 0.5) is 0 Å². The molecule has 0 unspecified atom stereocenters. The lowest BCUT2D eigenvalue weighted by molar-refractivity contribution is -0.120. The van der Waals surface area contributed by atoms with Gasteiger partial charge in [-0.15, -0.1) is 0 Å². The van der Waals surface area contributed by atoms with Crippen LogP contribution in [0.1, 0.15) is 25.6 Å². The molecule has 0 aliphatic carbocycles. The van der Waals surface area contributed by atoms with Crippen molar-refractivity contribution < 1.29 is 14.3 Å². The zero-order valence-corrected chi connectivity index (χ0v) is 16.5. The maximum absolute atomic E-state index is 11.5. The molecule has 0 fully saturated rings. The number of benzene rings is 2. The van der Waals surface area contributed by atoms with Crippen LogP contribution in [0.2, 0.25) is 0 Å². The van der Waals surface area contributed by atoms with Crippen LogP contribution in [-0.4, -0.2) is 35.7 Å². The number of para-hydroxylation sites is 2. The molecular formula is C22H27N3O3. The number of hydrogen-bond donors (Lipinski definition) is 1.